The van der Waals surface area contributed by atoms with Crippen molar-refractivity contribution < 1.29 is 4.79 Å². The van der Waals surface area contributed by atoms with E-state index in [0.717, 1.165) is 18.4 Å². The molecular formula is C26H25NO. The van der Waals surface area contributed by atoms with Crippen molar-refractivity contribution in [2.75, 3.05) is 0 Å². The zero-order valence-corrected chi connectivity index (χ0v) is 16.0. The minimum atomic E-state index is 0.187. The number of hydrogen-bond acceptors (Lipinski definition) is 1. The van der Waals surface area contributed by atoms with Gasteiger partial charge in [-0.05, 0) is 60.4 Å². The molecule has 3 aromatic carbocycles. The van der Waals surface area contributed by atoms with E-state index in [1.54, 1.807) is 0 Å². The zero-order valence-electron chi connectivity index (χ0n) is 16.0. The number of carbonyl (C=O) groups is 1. The monoisotopic (exact) mass is 367 g/mol. The number of nitrogens with zero attached hydrogens (tertiary/aromatic N) is 1. The van der Waals surface area contributed by atoms with Crippen molar-refractivity contribution in [3.63, 3.8) is 0 Å². The molecule has 1 saturated carbocycles. The van der Waals surface area contributed by atoms with Crippen LogP contribution in [0.2, 0.25) is 0 Å². The van der Waals surface area contributed by atoms with Gasteiger partial charge < -0.3 is 4.90 Å². The Bertz CT molecular complexity index is 941. The van der Waals surface area contributed by atoms with Gasteiger partial charge in [0.15, 0.2) is 0 Å². The molecule has 1 amide bonds. The van der Waals surface area contributed by atoms with E-state index >= 15 is 0 Å². The number of amides is 1. The normalized spacial score (nSPS) is 23.6. The molecule has 2 saturated heterocycles. The minimum Gasteiger partial charge on any atom is -0.328 e. The third kappa shape index (κ3) is 3.03. The summed E-state index contributed by atoms with van der Waals surface area (Å²) in [6.07, 6.45) is 4.74. The highest BCUT2D eigenvalue weighted by atomic mass is 16.2. The minimum absolute atomic E-state index is 0.187. The molecule has 0 radical (unpaired) electrons. The molecular weight excluding hydrogens is 342 g/mol. The summed E-state index contributed by atoms with van der Waals surface area (Å²) in [5, 5.41) is 0. The van der Waals surface area contributed by atoms with Gasteiger partial charge in [0.05, 0.1) is 6.04 Å². The molecule has 28 heavy (non-hydrogen) atoms. The van der Waals surface area contributed by atoms with Crippen LogP contribution in [-0.4, -0.2) is 16.8 Å². The summed E-state index contributed by atoms with van der Waals surface area (Å²) in [6.45, 7) is 0. The van der Waals surface area contributed by atoms with Gasteiger partial charge in [0.25, 0.3) is 5.91 Å². The van der Waals surface area contributed by atoms with Crippen molar-refractivity contribution in [3.8, 4) is 11.1 Å². The van der Waals surface area contributed by atoms with Gasteiger partial charge in [-0.15, -0.1) is 0 Å². The highest BCUT2D eigenvalue weighted by molar-refractivity contribution is 5.95. The molecule has 140 valence electrons. The standard InChI is InChI=1S/C26H25NO/c28-26(23-9-5-2-6-10-23)27-24-17-15-22(16-18-24)25(27)21-13-11-20(12-14-21)19-7-3-1-4-8-19/h1-14,22,24-25H,15-18H2. The molecule has 0 spiro atoms. The molecule has 1 atom stereocenters. The second kappa shape index (κ2) is 7.27. The number of piperidine rings is 2. The summed E-state index contributed by atoms with van der Waals surface area (Å²) in [7, 11) is 0. The summed E-state index contributed by atoms with van der Waals surface area (Å²) in [4.78, 5) is 15.6. The van der Waals surface area contributed by atoms with E-state index in [4.69, 9.17) is 0 Å². The van der Waals surface area contributed by atoms with Crippen LogP contribution in [0.3, 0.4) is 0 Å². The number of benzene rings is 3. The Balaban J connectivity index is 1.49. The smallest absolute Gasteiger partial charge is 0.254 e. The molecule has 0 aromatic heterocycles. The first-order valence-electron chi connectivity index (χ1n) is 10.3. The largest absolute Gasteiger partial charge is 0.328 e. The third-order valence-corrected chi connectivity index (χ3v) is 6.50. The van der Waals surface area contributed by atoms with Crippen molar-refractivity contribution in [2.45, 2.75) is 37.8 Å². The van der Waals surface area contributed by atoms with E-state index < -0.39 is 0 Å². The van der Waals surface area contributed by atoms with Gasteiger partial charge in [-0.3, -0.25) is 4.79 Å². The van der Waals surface area contributed by atoms with Crippen LogP contribution in [0.1, 0.15) is 47.6 Å². The molecule has 2 heteroatoms. The first-order valence-corrected chi connectivity index (χ1v) is 10.3. The average molecular weight is 367 g/mol. The van der Waals surface area contributed by atoms with Crippen molar-refractivity contribution in [1.82, 2.24) is 4.90 Å². The Labute approximate surface area is 166 Å². The molecule has 2 aliphatic heterocycles. The van der Waals surface area contributed by atoms with Gasteiger partial charge >= 0.3 is 0 Å². The first kappa shape index (κ1) is 17.2. The summed E-state index contributed by atoms with van der Waals surface area (Å²) >= 11 is 0. The molecule has 2 bridgehead atoms. The van der Waals surface area contributed by atoms with Gasteiger partial charge in [0, 0.05) is 11.6 Å². The van der Waals surface area contributed by atoms with Crippen molar-refractivity contribution >= 4 is 5.91 Å². The van der Waals surface area contributed by atoms with Gasteiger partial charge in [-0.25, -0.2) is 0 Å². The van der Waals surface area contributed by atoms with E-state index in [2.05, 4.69) is 53.4 Å². The number of fused-ring (bicyclic) bond motifs is 3. The van der Waals surface area contributed by atoms with Crippen LogP contribution < -0.4 is 0 Å². The Hall–Kier alpha value is -2.87. The van der Waals surface area contributed by atoms with Crippen LogP contribution in [0, 0.1) is 5.92 Å². The summed E-state index contributed by atoms with van der Waals surface area (Å²) in [5.41, 5.74) is 4.54. The fourth-order valence-corrected chi connectivity index (χ4v) is 5.11. The molecule has 6 rings (SSSR count). The maximum absolute atomic E-state index is 13.4. The molecule has 1 aliphatic carbocycles. The second-order valence-electron chi connectivity index (χ2n) is 8.08. The summed E-state index contributed by atoms with van der Waals surface area (Å²) < 4.78 is 0. The van der Waals surface area contributed by atoms with Crippen LogP contribution in [-0.2, 0) is 0 Å². The number of carbonyl (C=O) groups excluding carboxylic acids is 1. The van der Waals surface area contributed by atoms with Gasteiger partial charge in [0.1, 0.15) is 0 Å². The summed E-state index contributed by atoms with van der Waals surface area (Å²) in [6, 6.07) is 29.7. The number of hydrogen-bond donors (Lipinski definition) is 0. The van der Waals surface area contributed by atoms with Gasteiger partial charge in [0.2, 0.25) is 0 Å². The van der Waals surface area contributed by atoms with Crippen LogP contribution in [0.25, 0.3) is 11.1 Å². The van der Waals surface area contributed by atoms with E-state index in [0.29, 0.717) is 12.0 Å². The predicted octanol–water partition coefficient (Wildman–Crippen LogP) is 6.11. The quantitative estimate of drug-likeness (QED) is 0.547. The Morgan fingerprint density at radius 1 is 0.679 bits per heavy atom. The molecule has 1 unspecified atom stereocenters. The Kier molecular flexibility index (Phi) is 4.48. The van der Waals surface area contributed by atoms with Gasteiger partial charge in [-0.2, -0.15) is 0 Å². The highest BCUT2D eigenvalue weighted by Crippen LogP contribution is 2.48. The lowest BCUT2D eigenvalue weighted by Gasteiger charge is -2.51. The lowest BCUT2D eigenvalue weighted by molar-refractivity contribution is -0.00405. The zero-order chi connectivity index (χ0) is 18.9. The Morgan fingerprint density at radius 2 is 1.25 bits per heavy atom. The molecule has 3 aliphatic rings. The predicted molar refractivity (Wildman–Crippen MR) is 113 cm³/mol. The molecule has 2 heterocycles. The second-order valence-corrected chi connectivity index (χ2v) is 8.08. The fraction of sp³-hybridized carbons (Fsp3) is 0.269. The molecule has 3 fully saturated rings. The SMILES string of the molecule is O=C(c1ccccc1)N1C2CCC(CC2)C1c1ccc(-c2ccccc2)cc1. The van der Waals surface area contributed by atoms with Crippen LogP contribution in [0.4, 0.5) is 0 Å². The number of rotatable bonds is 3. The van der Waals surface area contributed by atoms with E-state index in [-0.39, 0.29) is 11.9 Å². The average Bonchev–Trinajstić information content (AvgIpc) is 2.80. The van der Waals surface area contributed by atoms with Crippen LogP contribution >= 0.6 is 0 Å². The van der Waals surface area contributed by atoms with Crippen molar-refractivity contribution in [2.24, 2.45) is 5.92 Å². The molecule has 0 N–H and O–H groups in total. The molecule has 2 nitrogen and oxygen atoms in total. The maximum atomic E-state index is 13.4. The van der Waals surface area contributed by atoms with Crippen molar-refractivity contribution in [3.05, 3.63) is 96.1 Å². The fourth-order valence-electron chi connectivity index (χ4n) is 5.11. The lowest BCUT2D eigenvalue weighted by Crippen LogP contribution is -2.52. The van der Waals surface area contributed by atoms with Crippen molar-refractivity contribution in [1.29, 1.82) is 0 Å². The van der Waals surface area contributed by atoms with E-state index in [1.165, 1.54) is 29.5 Å². The Morgan fingerprint density at radius 3 is 1.89 bits per heavy atom. The highest BCUT2D eigenvalue weighted by Gasteiger charge is 2.44. The maximum Gasteiger partial charge on any atom is 0.254 e. The van der Waals surface area contributed by atoms with Crippen LogP contribution in [0.5, 0.6) is 0 Å². The van der Waals surface area contributed by atoms with E-state index in [1.807, 2.05) is 36.4 Å². The lowest BCUT2D eigenvalue weighted by atomic mass is 9.72. The third-order valence-electron chi connectivity index (χ3n) is 6.50. The molecule has 3 aromatic rings. The topological polar surface area (TPSA) is 20.3 Å². The van der Waals surface area contributed by atoms with Crippen LogP contribution in [0.15, 0.2) is 84.9 Å². The van der Waals surface area contributed by atoms with E-state index in [9.17, 15) is 4.79 Å². The summed E-state index contributed by atoms with van der Waals surface area (Å²) in [5.74, 6) is 0.757. The first-order chi connectivity index (χ1) is 13.8. The van der Waals surface area contributed by atoms with Gasteiger partial charge in [-0.1, -0.05) is 72.8 Å².